The molecule has 7 nitrogen and oxygen atoms in total. The number of benzene rings is 2. The van der Waals surface area contributed by atoms with Crippen LogP contribution in [0.4, 0.5) is 18.0 Å². The Kier molecular flexibility index (Phi) is 6.66. The first kappa shape index (κ1) is 24.1. The predicted octanol–water partition coefficient (Wildman–Crippen LogP) is 3.83. The van der Waals surface area contributed by atoms with Crippen LogP contribution in [-0.4, -0.2) is 47.4 Å². The maximum absolute atomic E-state index is 13.1. The summed E-state index contributed by atoms with van der Waals surface area (Å²) in [5.74, 6) is -3.04. The van der Waals surface area contributed by atoms with Crippen molar-refractivity contribution in [1.82, 2.24) is 10.6 Å². The van der Waals surface area contributed by atoms with Crippen LogP contribution < -0.4 is 10.6 Å². The van der Waals surface area contributed by atoms with Crippen LogP contribution in [0.25, 0.3) is 11.1 Å². The number of alkyl halides is 3. The summed E-state index contributed by atoms with van der Waals surface area (Å²) in [6, 6.07) is 13.4. The Morgan fingerprint density at radius 3 is 2.00 bits per heavy atom. The molecule has 33 heavy (non-hydrogen) atoms. The second-order valence-corrected chi connectivity index (χ2v) is 8.23. The van der Waals surface area contributed by atoms with Crippen molar-refractivity contribution < 1.29 is 37.4 Å². The quantitative estimate of drug-likeness (QED) is 0.578. The number of fused-ring (bicyclic) bond motifs is 3. The number of ether oxygens (including phenoxy) is 1. The Morgan fingerprint density at radius 1 is 1.00 bits per heavy atom. The number of nitrogens with one attached hydrogen (secondary N) is 2. The molecular formula is C23H23F3N2O5. The zero-order chi connectivity index (χ0) is 24.4. The maximum Gasteiger partial charge on any atom is 0.410 e. The second-order valence-electron chi connectivity index (χ2n) is 8.23. The Hall–Kier alpha value is -3.56. The van der Waals surface area contributed by atoms with E-state index in [2.05, 4.69) is 5.32 Å². The Labute approximate surface area is 187 Å². The molecule has 10 heteroatoms. The van der Waals surface area contributed by atoms with E-state index in [1.165, 1.54) is 0 Å². The van der Waals surface area contributed by atoms with Gasteiger partial charge in [-0.05, 0) is 36.1 Å². The van der Waals surface area contributed by atoms with E-state index in [0.717, 1.165) is 36.1 Å². The topological polar surface area (TPSA) is 105 Å². The molecule has 0 aliphatic heterocycles. The summed E-state index contributed by atoms with van der Waals surface area (Å²) >= 11 is 0. The molecular weight excluding hydrogens is 441 g/mol. The molecule has 2 amide bonds. The van der Waals surface area contributed by atoms with Crippen molar-refractivity contribution in [3.63, 3.8) is 0 Å². The lowest BCUT2D eigenvalue weighted by Gasteiger charge is -2.30. The van der Waals surface area contributed by atoms with E-state index >= 15 is 0 Å². The first-order valence-electron chi connectivity index (χ1n) is 10.1. The lowest BCUT2D eigenvalue weighted by atomic mass is 9.98. The molecule has 1 aliphatic rings. The molecule has 1 aliphatic carbocycles. The summed E-state index contributed by atoms with van der Waals surface area (Å²) < 4.78 is 44.5. The van der Waals surface area contributed by atoms with E-state index in [1.54, 1.807) is 5.32 Å². The number of carboxylic acid groups (broad SMARTS) is 1. The van der Waals surface area contributed by atoms with Gasteiger partial charge in [-0.1, -0.05) is 48.5 Å². The maximum atomic E-state index is 13.1. The van der Waals surface area contributed by atoms with E-state index in [0.29, 0.717) is 0 Å². The lowest BCUT2D eigenvalue weighted by molar-refractivity contribution is -0.188. The first-order chi connectivity index (χ1) is 15.4. The summed E-state index contributed by atoms with van der Waals surface area (Å²) in [5, 5.41) is 12.8. The van der Waals surface area contributed by atoms with Crippen LogP contribution in [0.2, 0.25) is 0 Å². The van der Waals surface area contributed by atoms with Gasteiger partial charge in [0.25, 0.3) is 0 Å². The number of halogens is 3. The molecule has 0 heterocycles. The third kappa shape index (κ3) is 5.27. The summed E-state index contributed by atoms with van der Waals surface area (Å²) in [4.78, 5) is 35.8. The van der Waals surface area contributed by atoms with Crippen LogP contribution in [0.3, 0.4) is 0 Å². The minimum Gasteiger partial charge on any atom is -0.481 e. The average Bonchev–Trinajstić information content (AvgIpc) is 3.04. The highest BCUT2D eigenvalue weighted by atomic mass is 19.4. The van der Waals surface area contributed by atoms with Gasteiger partial charge < -0.3 is 20.5 Å². The number of hydrogen-bond acceptors (Lipinski definition) is 4. The van der Waals surface area contributed by atoms with Gasteiger partial charge >= 0.3 is 18.2 Å². The van der Waals surface area contributed by atoms with Gasteiger partial charge in [-0.15, -0.1) is 0 Å². The summed E-state index contributed by atoms with van der Waals surface area (Å²) in [6.45, 7) is 1.36. The van der Waals surface area contributed by atoms with Gasteiger partial charge in [0.1, 0.15) is 18.2 Å². The molecule has 1 atom stereocenters. The molecule has 2 aromatic carbocycles. The molecule has 0 saturated heterocycles. The summed E-state index contributed by atoms with van der Waals surface area (Å²) in [5.41, 5.74) is 1.26. The number of carbonyl (C=O) groups excluding carboxylic acids is 2. The Bertz CT molecular complexity index is 1020. The highest BCUT2D eigenvalue weighted by molar-refractivity contribution is 5.89. The van der Waals surface area contributed by atoms with Crippen molar-refractivity contribution >= 4 is 18.0 Å². The fourth-order valence-electron chi connectivity index (χ4n) is 3.63. The molecule has 0 radical (unpaired) electrons. The molecule has 176 valence electrons. The number of carbonyl (C=O) groups is 3. The van der Waals surface area contributed by atoms with Gasteiger partial charge in [0, 0.05) is 5.92 Å². The monoisotopic (exact) mass is 464 g/mol. The molecule has 0 fully saturated rings. The molecule has 3 rings (SSSR count). The largest absolute Gasteiger partial charge is 0.481 e. The smallest absolute Gasteiger partial charge is 0.410 e. The van der Waals surface area contributed by atoms with Gasteiger partial charge in [-0.25, -0.2) is 4.79 Å². The lowest BCUT2D eigenvalue weighted by Crippen LogP contribution is -2.59. The number of rotatable bonds is 7. The van der Waals surface area contributed by atoms with Gasteiger partial charge in [0.05, 0.1) is 6.42 Å². The van der Waals surface area contributed by atoms with Gasteiger partial charge in [-0.2, -0.15) is 13.2 Å². The third-order valence-electron chi connectivity index (χ3n) is 5.48. The third-order valence-corrected chi connectivity index (χ3v) is 5.48. The van der Waals surface area contributed by atoms with Crippen molar-refractivity contribution in [2.24, 2.45) is 0 Å². The molecule has 2 aromatic rings. The summed E-state index contributed by atoms with van der Waals surface area (Å²) in [7, 11) is 0. The van der Waals surface area contributed by atoms with Crippen molar-refractivity contribution in [1.29, 1.82) is 0 Å². The van der Waals surface area contributed by atoms with Crippen molar-refractivity contribution in [3.8, 4) is 11.1 Å². The normalized spacial score (nSPS) is 14.1. The van der Waals surface area contributed by atoms with Crippen LogP contribution >= 0.6 is 0 Å². The second kappa shape index (κ2) is 9.13. The Morgan fingerprint density at radius 2 is 1.52 bits per heavy atom. The van der Waals surface area contributed by atoms with Crippen molar-refractivity contribution in [3.05, 3.63) is 59.7 Å². The van der Waals surface area contributed by atoms with Gasteiger partial charge in [0.2, 0.25) is 5.91 Å². The minimum atomic E-state index is -4.78. The van der Waals surface area contributed by atoms with E-state index in [-0.39, 0.29) is 12.5 Å². The Balaban J connectivity index is 1.69. The van der Waals surface area contributed by atoms with Crippen LogP contribution in [-0.2, 0) is 14.3 Å². The predicted molar refractivity (Wildman–Crippen MR) is 113 cm³/mol. The fourth-order valence-corrected chi connectivity index (χ4v) is 3.63. The molecule has 0 saturated carbocycles. The van der Waals surface area contributed by atoms with E-state index in [9.17, 15) is 27.6 Å². The van der Waals surface area contributed by atoms with Crippen LogP contribution in [0.15, 0.2) is 48.5 Å². The zero-order valence-corrected chi connectivity index (χ0v) is 17.9. The number of alkyl carbamates (subject to hydrolysis) is 1. The first-order valence-corrected chi connectivity index (χ1v) is 10.1. The van der Waals surface area contributed by atoms with E-state index < -0.39 is 42.1 Å². The zero-order valence-electron chi connectivity index (χ0n) is 17.9. The molecule has 0 spiro atoms. The fraction of sp³-hybridized carbons (Fsp3) is 0.348. The minimum absolute atomic E-state index is 0.102. The molecule has 3 N–H and O–H groups in total. The van der Waals surface area contributed by atoms with E-state index in [4.69, 9.17) is 9.84 Å². The van der Waals surface area contributed by atoms with Crippen molar-refractivity contribution in [2.75, 3.05) is 6.61 Å². The average molecular weight is 464 g/mol. The van der Waals surface area contributed by atoms with E-state index in [1.807, 2.05) is 48.5 Å². The van der Waals surface area contributed by atoms with Crippen LogP contribution in [0.1, 0.15) is 37.3 Å². The molecule has 1 unspecified atom stereocenters. The van der Waals surface area contributed by atoms with Gasteiger partial charge in [-0.3, -0.25) is 9.59 Å². The van der Waals surface area contributed by atoms with Crippen molar-refractivity contribution in [2.45, 2.75) is 43.9 Å². The number of hydrogen-bond donors (Lipinski definition) is 3. The number of amides is 2. The highest BCUT2D eigenvalue weighted by Gasteiger charge is 2.49. The number of aliphatic carboxylic acids is 1. The molecule has 0 bridgehead atoms. The standard InChI is InChI=1S/C23H23F3N2O5/c1-22(2,23(24,25)26)28-20(31)18(11-19(29)30)27-21(32)33-12-17-15-9-5-3-7-13(15)14-8-4-6-10-16(14)17/h3-10,17-18H,11-12H2,1-2H3,(H,27,32)(H,28,31)(H,29,30). The SMILES string of the molecule is CC(C)(NC(=O)C(CC(=O)O)NC(=O)OCC1c2ccccc2-c2ccccc21)C(F)(F)F. The van der Waals surface area contributed by atoms with Crippen LogP contribution in [0, 0.1) is 0 Å². The van der Waals surface area contributed by atoms with Crippen LogP contribution in [0.5, 0.6) is 0 Å². The van der Waals surface area contributed by atoms with Gasteiger partial charge in [0.15, 0.2) is 0 Å². The summed E-state index contributed by atoms with van der Waals surface area (Å²) in [6.07, 6.45) is -6.80. The highest BCUT2D eigenvalue weighted by Crippen LogP contribution is 2.44. The molecule has 0 aromatic heterocycles. The number of carboxylic acids is 1.